The molecule has 7 heteroatoms. The predicted octanol–water partition coefficient (Wildman–Crippen LogP) is 2.24. The molecule has 1 unspecified atom stereocenters. The summed E-state index contributed by atoms with van der Waals surface area (Å²) in [6.07, 6.45) is 2.60. The van der Waals surface area contributed by atoms with Crippen molar-refractivity contribution in [1.82, 2.24) is 0 Å². The number of benzene rings is 1. The summed E-state index contributed by atoms with van der Waals surface area (Å²) in [5.74, 6) is -1.16. The Morgan fingerprint density at radius 2 is 2.10 bits per heavy atom. The summed E-state index contributed by atoms with van der Waals surface area (Å²) in [5.41, 5.74) is -0.260. The highest BCUT2D eigenvalue weighted by Crippen LogP contribution is 2.43. The monoisotopic (exact) mass is 314 g/mol. The number of hydrogen-bond donors (Lipinski definition) is 2. The lowest BCUT2D eigenvalue weighted by atomic mass is 9.81. The molecule has 0 aliphatic heterocycles. The van der Waals surface area contributed by atoms with Crippen molar-refractivity contribution in [1.29, 1.82) is 0 Å². The van der Waals surface area contributed by atoms with Gasteiger partial charge >= 0.3 is 0 Å². The summed E-state index contributed by atoms with van der Waals surface area (Å²) in [7, 11) is -4.03. The van der Waals surface area contributed by atoms with Gasteiger partial charge in [0.1, 0.15) is 10.7 Å². The molecule has 1 fully saturated rings. The molecule has 3 N–H and O–H groups in total. The minimum atomic E-state index is -4.03. The van der Waals surface area contributed by atoms with Crippen LogP contribution in [0.5, 0.6) is 0 Å². The SMILES string of the molecule is CC1(C)CCCC1C(=O)Nc1cc(F)ccc1S(N)(=O)=O. The molecule has 1 aliphatic rings. The van der Waals surface area contributed by atoms with Crippen LogP contribution in [-0.2, 0) is 14.8 Å². The van der Waals surface area contributed by atoms with Crippen LogP contribution in [0.2, 0.25) is 0 Å². The minimum Gasteiger partial charge on any atom is -0.325 e. The van der Waals surface area contributed by atoms with E-state index in [-0.39, 0.29) is 27.8 Å². The standard InChI is InChI=1S/C14H19FN2O3S/c1-14(2)7-3-4-10(14)13(18)17-11-8-9(15)5-6-12(11)21(16,19)20/h5-6,8,10H,3-4,7H2,1-2H3,(H,17,18)(H2,16,19,20). The summed E-state index contributed by atoms with van der Waals surface area (Å²) in [6, 6.07) is 3.02. The fourth-order valence-electron chi connectivity index (χ4n) is 2.88. The number of halogens is 1. The molecule has 21 heavy (non-hydrogen) atoms. The third-order valence-corrected chi connectivity index (χ3v) is 5.05. The zero-order valence-corrected chi connectivity index (χ0v) is 12.8. The van der Waals surface area contributed by atoms with Gasteiger partial charge in [-0.3, -0.25) is 4.79 Å². The molecule has 1 atom stereocenters. The van der Waals surface area contributed by atoms with E-state index in [0.29, 0.717) is 0 Å². The lowest BCUT2D eigenvalue weighted by Gasteiger charge is -2.26. The van der Waals surface area contributed by atoms with Gasteiger partial charge in [0.05, 0.1) is 5.69 Å². The zero-order valence-electron chi connectivity index (χ0n) is 12.0. The van der Waals surface area contributed by atoms with Crippen molar-refractivity contribution in [2.45, 2.75) is 38.0 Å². The number of hydrogen-bond acceptors (Lipinski definition) is 3. The lowest BCUT2D eigenvalue weighted by Crippen LogP contribution is -2.31. The molecule has 1 aromatic carbocycles. The van der Waals surface area contributed by atoms with Crippen LogP contribution in [0.15, 0.2) is 23.1 Å². The minimum absolute atomic E-state index is 0.106. The average Bonchev–Trinajstić information content (AvgIpc) is 2.67. The van der Waals surface area contributed by atoms with Crippen molar-refractivity contribution in [3.8, 4) is 0 Å². The number of anilines is 1. The fourth-order valence-corrected chi connectivity index (χ4v) is 3.55. The number of sulfonamides is 1. The highest BCUT2D eigenvalue weighted by atomic mass is 32.2. The van der Waals surface area contributed by atoms with Crippen LogP contribution in [-0.4, -0.2) is 14.3 Å². The summed E-state index contributed by atoms with van der Waals surface area (Å²) in [4.78, 5) is 12.1. The van der Waals surface area contributed by atoms with Crippen molar-refractivity contribution >= 4 is 21.6 Å². The number of nitrogens with one attached hydrogen (secondary N) is 1. The second-order valence-corrected chi connectivity index (χ2v) is 7.64. The van der Waals surface area contributed by atoms with Crippen molar-refractivity contribution in [3.63, 3.8) is 0 Å². The third kappa shape index (κ3) is 3.41. The molecule has 1 amide bonds. The molecule has 0 bridgehead atoms. The normalized spacial score (nSPS) is 21.2. The van der Waals surface area contributed by atoms with Gasteiger partial charge in [-0.05, 0) is 36.5 Å². The number of amides is 1. The molecule has 0 spiro atoms. The average molecular weight is 314 g/mol. The van der Waals surface area contributed by atoms with Crippen LogP contribution >= 0.6 is 0 Å². The van der Waals surface area contributed by atoms with E-state index in [4.69, 9.17) is 5.14 Å². The van der Waals surface area contributed by atoms with Gasteiger partial charge in [-0.15, -0.1) is 0 Å². The Morgan fingerprint density at radius 3 is 2.62 bits per heavy atom. The van der Waals surface area contributed by atoms with Crippen molar-refractivity contribution in [3.05, 3.63) is 24.0 Å². The largest absolute Gasteiger partial charge is 0.325 e. The molecule has 1 saturated carbocycles. The van der Waals surface area contributed by atoms with E-state index in [1.807, 2.05) is 13.8 Å². The van der Waals surface area contributed by atoms with E-state index in [0.717, 1.165) is 37.5 Å². The maximum Gasteiger partial charge on any atom is 0.240 e. The molecular weight excluding hydrogens is 295 g/mol. The Hall–Kier alpha value is -1.47. The van der Waals surface area contributed by atoms with Crippen LogP contribution in [0.4, 0.5) is 10.1 Å². The highest BCUT2D eigenvalue weighted by molar-refractivity contribution is 7.89. The van der Waals surface area contributed by atoms with Crippen molar-refractivity contribution < 1.29 is 17.6 Å². The molecule has 1 aromatic rings. The van der Waals surface area contributed by atoms with Gasteiger partial charge in [0.25, 0.3) is 0 Å². The Kier molecular flexibility index (Phi) is 4.08. The quantitative estimate of drug-likeness (QED) is 0.896. The van der Waals surface area contributed by atoms with Crippen LogP contribution in [0, 0.1) is 17.2 Å². The maximum absolute atomic E-state index is 13.3. The second kappa shape index (κ2) is 5.38. The molecule has 1 aliphatic carbocycles. The molecule has 0 saturated heterocycles. The number of nitrogens with two attached hydrogens (primary N) is 1. The Balaban J connectivity index is 2.31. The van der Waals surface area contributed by atoms with Crippen LogP contribution in [0.1, 0.15) is 33.1 Å². The van der Waals surface area contributed by atoms with Gasteiger partial charge in [-0.2, -0.15) is 0 Å². The number of carbonyl (C=O) groups excluding carboxylic acids is 1. The van der Waals surface area contributed by atoms with E-state index < -0.39 is 15.8 Å². The Bertz CT molecular complexity index is 671. The van der Waals surface area contributed by atoms with Crippen molar-refractivity contribution in [2.24, 2.45) is 16.5 Å². The number of rotatable bonds is 3. The van der Waals surface area contributed by atoms with E-state index >= 15 is 0 Å². The van der Waals surface area contributed by atoms with Gasteiger partial charge in [-0.1, -0.05) is 20.3 Å². The summed E-state index contributed by atoms with van der Waals surface area (Å²) >= 11 is 0. The molecule has 0 aromatic heterocycles. The Labute approximate surface area is 123 Å². The zero-order chi connectivity index (χ0) is 15.8. The van der Waals surface area contributed by atoms with Crippen LogP contribution < -0.4 is 10.5 Å². The molecule has 5 nitrogen and oxygen atoms in total. The lowest BCUT2D eigenvalue weighted by molar-refractivity contribution is -0.122. The number of primary sulfonamides is 1. The summed E-state index contributed by atoms with van der Waals surface area (Å²) < 4.78 is 36.3. The van der Waals surface area contributed by atoms with E-state index in [1.165, 1.54) is 0 Å². The van der Waals surface area contributed by atoms with Crippen molar-refractivity contribution in [2.75, 3.05) is 5.32 Å². The Morgan fingerprint density at radius 1 is 1.43 bits per heavy atom. The number of carbonyl (C=O) groups is 1. The maximum atomic E-state index is 13.3. The van der Waals surface area contributed by atoms with Gasteiger partial charge in [-0.25, -0.2) is 17.9 Å². The molecular formula is C14H19FN2O3S. The van der Waals surface area contributed by atoms with E-state index in [1.54, 1.807) is 0 Å². The second-order valence-electron chi connectivity index (χ2n) is 6.11. The first-order valence-electron chi connectivity index (χ1n) is 6.74. The van der Waals surface area contributed by atoms with E-state index in [9.17, 15) is 17.6 Å². The predicted molar refractivity (Wildman–Crippen MR) is 77.5 cm³/mol. The smallest absolute Gasteiger partial charge is 0.240 e. The summed E-state index contributed by atoms with van der Waals surface area (Å²) in [5, 5.41) is 7.61. The van der Waals surface area contributed by atoms with Gasteiger partial charge in [0, 0.05) is 5.92 Å². The molecule has 116 valence electrons. The topological polar surface area (TPSA) is 89.3 Å². The van der Waals surface area contributed by atoms with Gasteiger partial charge in [0.15, 0.2) is 0 Å². The first kappa shape index (κ1) is 15.9. The third-order valence-electron chi connectivity index (χ3n) is 4.08. The first-order chi connectivity index (χ1) is 9.61. The van der Waals surface area contributed by atoms with Crippen LogP contribution in [0.3, 0.4) is 0 Å². The molecule has 0 heterocycles. The first-order valence-corrected chi connectivity index (χ1v) is 8.29. The fraction of sp³-hybridized carbons (Fsp3) is 0.500. The summed E-state index contributed by atoms with van der Waals surface area (Å²) in [6.45, 7) is 3.99. The molecule has 0 radical (unpaired) electrons. The van der Waals surface area contributed by atoms with E-state index in [2.05, 4.69) is 5.32 Å². The highest BCUT2D eigenvalue weighted by Gasteiger charge is 2.39. The van der Waals surface area contributed by atoms with Gasteiger partial charge in [0.2, 0.25) is 15.9 Å². The van der Waals surface area contributed by atoms with Crippen LogP contribution in [0.25, 0.3) is 0 Å². The molecule has 2 rings (SSSR count). The van der Waals surface area contributed by atoms with Gasteiger partial charge < -0.3 is 5.32 Å².